The fourth-order valence-electron chi connectivity index (χ4n) is 2.57. The van der Waals surface area contributed by atoms with Crippen molar-refractivity contribution >= 4 is 21.4 Å². The van der Waals surface area contributed by atoms with Crippen LogP contribution in [-0.2, 0) is 10.0 Å². The Labute approximate surface area is 121 Å². The van der Waals surface area contributed by atoms with Crippen molar-refractivity contribution in [1.29, 1.82) is 0 Å². The minimum Gasteiger partial charge on any atom is -0.397 e. The minimum absolute atomic E-state index is 0.270. The summed E-state index contributed by atoms with van der Waals surface area (Å²) in [5.41, 5.74) is 7.51. The zero-order valence-electron chi connectivity index (χ0n) is 11.9. The molecule has 0 amide bonds. The molecule has 0 radical (unpaired) electrons. The molecular weight excluding hydrogens is 274 g/mol. The van der Waals surface area contributed by atoms with Crippen LogP contribution in [0.4, 0.5) is 11.4 Å². The molecular formula is C14H23N3O2S. The van der Waals surface area contributed by atoms with E-state index in [4.69, 9.17) is 5.73 Å². The molecule has 0 bridgehead atoms. The molecule has 1 aliphatic rings. The summed E-state index contributed by atoms with van der Waals surface area (Å²) in [6.07, 6.45) is 6.00. The van der Waals surface area contributed by atoms with Gasteiger partial charge in [0.1, 0.15) is 0 Å². The average molecular weight is 297 g/mol. The number of anilines is 2. The molecule has 0 atom stereocenters. The van der Waals surface area contributed by atoms with Gasteiger partial charge in [-0.3, -0.25) is 0 Å². The van der Waals surface area contributed by atoms with E-state index in [1.807, 2.05) is 0 Å². The van der Waals surface area contributed by atoms with Crippen molar-refractivity contribution in [2.75, 3.05) is 30.8 Å². The SMILES string of the molecule is CNS(=O)(=O)c1ccc(N)c(N2CCCCCCC2)c1. The summed E-state index contributed by atoms with van der Waals surface area (Å²) in [4.78, 5) is 2.48. The molecule has 1 fully saturated rings. The summed E-state index contributed by atoms with van der Waals surface area (Å²) in [5, 5.41) is 0. The van der Waals surface area contributed by atoms with Crippen molar-refractivity contribution in [1.82, 2.24) is 4.72 Å². The van der Waals surface area contributed by atoms with E-state index < -0.39 is 10.0 Å². The van der Waals surface area contributed by atoms with E-state index in [1.54, 1.807) is 18.2 Å². The Morgan fingerprint density at radius 2 is 1.70 bits per heavy atom. The third-order valence-corrected chi connectivity index (χ3v) is 5.19. The third-order valence-electron chi connectivity index (χ3n) is 3.78. The standard InChI is InChI=1S/C14H23N3O2S/c1-16-20(18,19)12-7-8-13(15)14(11-12)17-9-5-3-2-4-6-10-17/h7-8,11,16H,2-6,9-10,15H2,1H3. The first-order valence-corrected chi connectivity index (χ1v) is 8.61. The number of nitrogens with one attached hydrogen (secondary N) is 1. The molecule has 20 heavy (non-hydrogen) atoms. The predicted molar refractivity (Wildman–Crippen MR) is 82.4 cm³/mol. The van der Waals surface area contributed by atoms with Crippen LogP contribution in [0.3, 0.4) is 0 Å². The van der Waals surface area contributed by atoms with Gasteiger partial charge in [0, 0.05) is 13.1 Å². The van der Waals surface area contributed by atoms with Gasteiger partial charge in [-0.15, -0.1) is 0 Å². The van der Waals surface area contributed by atoms with Crippen LogP contribution in [0.1, 0.15) is 32.1 Å². The van der Waals surface area contributed by atoms with Gasteiger partial charge in [0.05, 0.1) is 16.3 Å². The lowest BCUT2D eigenvalue weighted by atomic mass is 10.1. The summed E-state index contributed by atoms with van der Waals surface area (Å²) in [5.74, 6) is 0. The maximum Gasteiger partial charge on any atom is 0.240 e. The van der Waals surface area contributed by atoms with Crippen molar-refractivity contribution in [3.63, 3.8) is 0 Å². The second kappa shape index (κ2) is 6.45. The minimum atomic E-state index is -3.42. The first-order chi connectivity index (χ1) is 9.54. The Balaban J connectivity index is 2.32. The molecule has 1 aromatic carbocycles. The molecule has 112 valence electrons. The monoisotopic (exact) mass is 297 g/mol. The van der Waals surface area contributed by atoms with Crippen LogP contribution in [0.5, 0.6) is 0 Å². The molecule has 1 aliphatic heterocycles. The largest absolute Gasteiger partial charge is 0.397 e. The number of hydrogen-bond donors (Lipinski definition) is 2. The Kier molecular flexibility index (Phi) is 4.88. The maximum absolute atomic E-state index is 11.9. The van der Waals surface area contributed by atoms with E-state index in [0.29, 0.717) is 5.69 Å². The summed E-state index contributed by atoms with van der Waals surface area (Å²) < 4.78 is 26.1. The van der Waals surface area contributed by atoms with Crippen LogP contribution in [0.2, 0.25) is 0 Å². The molecule has 0 unspecified atom stereocenters. The number of nitrogens with zero attached hydrogens (tertiary/aromatic N) is 1. The topological polar surface area (TPSA) is 75.4 Å². The van der Waals surface area contributed by atoms with E-state index >= 15 is 0 Å². The zero-order chi connectivity index (χ0) is 14.6. The molecule has 1 heterocycles. The number of rotatable bonds is 3. The Hall–Kier alpha value is -1.27. The highest BCUT2D eigenvalue weighted by atomic mass is 32.2. The first kappa shape index (κ1) is 15.1. The Bertz CT molecular complexity index is 550. The molecule has 1 saturated heterocycles. The summed E-state index contributed by atoms with van der Waals surface area (Å²) in [7, 11) is -2.01. The van der Waals surface area contributed by atoms with Crippen molar-refractivity contribution < 1.29 is 8.42 Å². The number of nitrogen functional groups attached to an aromatic ring is 1. The number of nitrogens with two attached hydrogens (primary N) is 1. The lowest BCUT2D eigenvalue weighted by molar-refractivity contribution is 0.556. The molecule has 1 aromatic rings. The van der Waals surface area contributed by atoms with Crippen LogP contribution in [0, 0.1) is 0 Å². The van der Waals surface area contributed by atoms with Crippen LogP contribution in [0.15, 0.2) is 23.1 Å². The van der Waals surface area contributed by atoms with Crippen molar-refractivity contribution in [3.05, 3.63) is 18.2 Å². The van der Waals surface area contributed by atoms with Crippen molar-refractivity contribution in [3.8, 4) is 0 Å². The molecule has 3 N–H and O–H groups in total. The van der Waals surface area contributed by atoms with Crippen molar-refractivity contribution in [2.45, 2.75) is 37.0 Å². The van der Waals surface area contributed by atoms with Crippen LogP contribution in [0.25, 0.3) is 0 Å². The smallest absolute Gasteiger partial charge is 0.240 e. The quantitative estimate of drug-likeness (QED) is 0.836. The lowest BCUT2D eigenvalue weighted by Gasteiger charge is -2.28. The van der Waals surface area contributed by atoms with Crippen molar-refractivity contribution in [2.24, 2.45) is 0 Å². The van der Waals surface area contributed by atoms with Gasteiger partial charge >= 0.3 is 0 Å². The van der Waals surface area contributed by atoms with E-state index in [9.17, 15) is 8.42 Å². The summed E-state index contributed by atoms with van der Waals surface area (Å²) in [6, 6.07) is 4.91. The number of sulfonamides is 1. The van der Waals surface area contributed by atoms with Gasteiger partial charge in [-0.1, -0.05) is 19.3 Å². The molecule has 6 heteroatoms. The van der Waals surface area contributed by atoms with Gasteiger partial charge in [-0.2, -0.15) is 0 Å². The molecule has 2 rings (SSSR count). The van der Waals surface area contributed by atoms with Crippen LogP contribution in [-0.4, -0.2) is 28.6 Å². The zero-order valence-corrected chi connectivity index (χ0v) is 12.7. The number of hydrogen-bond acceptors (Lipinski definition) is 4. The number of benzene rings is 1. The maximum atomic E-state index is 11.9. The van der Waals surface area contributed by atoms with Gasteiger partial charge in [0.15, 0.2) is 0 Å². The lowest BCUT2D eigenvalue weighted by Crippen LogP contribution is -2.28. The highest BCUT2D eigenvalue weighted by Gasteiger charge is 2.17. The second-order valence-electron chi connectivity index (χ2n) is 5.18. The molecule has 0 spiro atoms. The molecule has 0 aliphatic carbocycles. The highest BCUT2D eigenvalue weighted by molar-refractivity contribution is 7.89. The van der Waals surface area contributed by atoms with Gasteiger partial charge in [-0.05, 0) is 38.1 Å². The highest BCUT2D eigenvalue weighted by Crippen LogP contribution is 2.28. The van der Waals surface area contributed by atoms with Gasteiger partial charge in [0.25, 0.3) is 0 Å². The average Bonchev–Trinajstić information content (AvgIpc) is 2.39. The first-order valence-electron chi connectivity index (χ1n) is 7.12. The fraction of sp³-hybridized carbons (Fsp3) is 0.571. The Morgan fingerprint density at radius 3 is 2.30 bits per heavy atom. The molecule has 0 saturated carbocycles. The molecule has 0 aromatic heterocycles. The second-order valence-corrected chi connectivity index (χ2v) is 7.07. The summed E-state index contributed by atoms with van der Waals surface area (Å²) in [6.45, 7) is 1.88. The fourth-order valence-corrected chi connectivity index (χ4v) is 3.32. The predicted octanol–water partition coefficient (Wildman–Crippen LogP) is 1.95. The summed E-state index contributed by atoms with van der Waals surface area (Å²) >= 11 is 0. The Morgan fingerprint density at radius 1 is 1.10 bits per heavy atom. The van der Waals surface area contributed by atoms with Gasteiger partial charge in [-0.25, -0.2) is 13.1 Å². The van der Waals surface area contributed by atoms with Crippen LogP contribution < -0.4 is 15.4 Å². The van der Waals surface area contributed by atoms with Gasteiger partial charge < -0.3 is 10.6 Å². The van der Waals surface area contributed by atoms with Crippen LogP contribution >= 0.6 is 0 Å². The third kappa shape index (κ3) is 3.43. The van der Waals surface area contributed by atoms with E-state index in [0.717, 1.165) is 31.6 Å². The van der Waals surface area contributed by atoms with E-state index in [1.165, 1.54) is 26.3 Å². The van der Waals surface area contributed by atoms with E-state index in [-0.39, 0.29) is 4.90 Å². The van der Waals surface area contributed by atoms with Gasteiger partial charge in [0.2, 0.25) is 10.0 Å². The molecule has 5 nitrogen and oxygen atoms in total. The normalized spacial score (nSPS) is 17.6. The van der Waals surface area contributed by atoms with E-state index in [2.05, 4.69) is 9.62 Å².